The molecule has 2 heteroatoms. The van der Waals surface area contributed by atoms with E-state index in [1.54, 1.807) is 0 Å². The van der Waals surface area contributed by atoms with Gasteiger partial charge in [0.2, 0.25) is 0 Å². The van der Waals surface area contributed by atoms with Crippen LogP contribution in [0.2, 0.25) is 0 Å². The highest BCUT2D eigenvalue weighted by Gasteiger charge is 2.33. The van der Waals surface area contributed by atoms with Crippen LogP contribution in [-0.4, -0.2) is 16.7 Å². The van der Waals surface area contributed by atoms with E-state index < -0.39 is 0 Å². The molecule has 1 atom stereocenters. The maximum Gasteiger partial charge on any atom is 0.0734 e. The van der Waals surface area contributed by atoms with Gasteiger partial charge in [0.05, 0.1) is 11.6 Å². The van der Waals surface area contributed by atoms with Gasteiger partial charge in [0.1, 0.15) is 0 Å². The Morgan fingerprint density at radius 3 is 2.67 bits per heavy atom. The summed E-state index contributed by atoms with van der Waals surface area (Å²) < 4.78 is 0. The van der Waals surface area contributed by atoms with Gasteiger partial charge in [0.25, 0.3) is 0 Å². The first-order valence-corrected chi connectivity index (χ1v) is 9.32. The number of fused-ring (bicyclic) bond motifs is 1. The number of aryl methyl sites for hydroxylation is 2. The van der Waals surface area contributed by atoms with Crippen LogP contribution in [0.4, 0.5) is 0 Å². The van der Waals surface area contributed by atoms with Gasteiger partial charge in [-0.3, -0.25) is 9.98 Å². The molecule has 1 unspecified atom stereocenters. The average Bonchev–Trinajstić information content (AvgIpc) is 2.55. The summed E-state index contributed by atoms with van der Waals surface area (Å²) in [6, 6.07) is 7.03. The van der Waals surface area contributed by atoms with E-state index in [9.17, 15) is 0 Å². The van der Waals surface area contributed by atoms with Gasteiger partial charge in [0.15, 0.2) is 0 Å². The Kier molecular flexibility index (Phi) is 4.76. The molecule has 2 nitrogen and oxygen atoms in total. The number of benzene rings is 1. The number of hydrogen-bond donors (Lipinski definition) is 0. The van der Waals surface area contributed by atoms with Gasteiger partial charge >= 0.3 is 0 Å². The lowest BCUT2D eigenvalue weighted by atomic mass is 9.67. The van der Waals surface area contributed by atoms with Crippen LogP contribution >= 0.6 is 0 Å². The maximum atomic E-state index is 5.06. The van der Waals surface area contributed by atoms with Gasteiger partial charge < -0.3 is 0 Å². The topological polar surface area (TPSA) is 25.2 Å². The molecule has 0 bridgehead atoms. The standard InChI is InChI=1S/C22H30N2/c1-6-20(13-22(5)10-7-11-22)24-17(4)19-12-18-9-8-15(2)16(3)21(18)23-14-19/h8-9,12,14,20H,6-7,10-11,13H2,1-5H3/b24-17+. The van der Waals surface area contributed by atoms with Crippen molar-refractivity contribution in [3.63, 3.8) is 0 Å². The summed E-state index contributed by atoms with van der Waals surface area (Å²) in [5.41, 5.74) is 6.49. The fourth-order valence-electron chi connectivity index (χ4n) is 3.83. The molecule has 0 aliphatic heterocycles. The molecule has 3 rings (SSSR count). The fraction of sp³-hybridized carbons (Fsp3) is 0.545. The van der Waals surface area contributed by atoms with Crippen LogP contribution in [0, 0.1) is 19.3 Å². The van der Waals surface area contributed by atoms with Crippen molar-refractivity contribution in [3.8, 4) is 0 Å². The highest BCUT2D eigenvalue weighted by molar-refractivity contribution is 6.01. The summed E-state index contributed by atoms with van der Waals surface area (Å²) in [5, 5.41) is 1.21. The molecule has 1 aliphatic carbocycles. The molecule has 2 aromatic rings. The molecule has 1 heterocycles. The van der Waals surface area contributed by atoms with E-state index in [1.807, 2.05) is 6.20 Å². The van der Waals surface area contributed by atoms with E-state index in [0.717, 1.165) is 23.2 Å². The third-order valence-electron chi connectivity index (χ3n) is 5.93. The molecule has 1 saturated carbocycles. The van der Waals surface area contributed by atoms with E-state index in [4.69, 9.17) is 9.98 Å². The molecule has 0 spiro atoms. The van der Waals surface area contributed by atoms with Gasteiger partial charge in [-0.05, 0) is 69.1 Å². The lowest BCUT2D eigenvalue weighted by molar-refractivity contribution is 0.134. The molecule has 1 aliphatic rings. The predicted molar refractivity (Wildman–Crippen MR) is 104 cm³/mol. The minimum absolute atomic E-state index is 0.436. The zero-order valence-corrected chi connectivity index (χ0v) is 15.8. The quantitative estimate of drug-likeness (QED) is 0.618. The Morgan fingerprint density at radius 2 is 2.04 bits per heavy atom. The number of pyridine rings is 1. The van der Waals surface area contributed by atoms with Crippen LogP contribution in [0.3, 0.4) is 0 Å². The van der Waals surface area contributed by atoms with Crippen LogP contribution in [0.15, 0.2) is 29.4 Å². The second kappa shape index (κ2) is 6.66. The summed E-state index contributed by atoms with van der Waals surface area (Å²) >= 11 is 0. The summed E-state index contributed by atoms with van der Waals surface area (Å²) in [7, 11) is 0. The Labute approximate surface area is 146 Å². The van der Waals surface area contributed by atoms with Crippen LogP contribution in [0.25, 0.3) is 10.9 Å². The second-order valence-electron chi connectivity index (χ2n) is 7.95. The highest BCUT2D eigenvalue weighted by atomic mass is 14.8. The smallest absolute Gasteiger partial charge is 0.0734 e. The van der Waals surface area contributed by atoms with Crippen molar-refractivity contribution in [2.45, 2.75) is 72.8 Å². The van der Waals surface area contributed by atoms with Gasteiger partial charge in [0, 0.05) is 22.9 Å². The highest BCUT2D eigenvalue weighted by Crippen LogP contribution is 2.45. The Hall–Kier alpha value is -1.70. The minimum Gasteiger partial charge on any atom is -0.286 e. The van der Waals surface area contributed by atoms with Crippen molar-refractivity contribution in [1.29, 1.82) is 0 Å². The molecule has 128 valence electrons. The van der Waals surface area contributed by atoms with Crippen molar-refractivity contribution in [2.24, 2.45) is 10.4 Å². The number of rotatable bonds is 5. The van der Waals surface area contributed by atoms with Gasteiger partial charge in [-0.2, -0.15) is 0 Å². The third-order valence-corrected chi connectivity index (χ3v) is 5.93. The molecule has 1 aromatic carbocycles. The summed E-state index contributed by atoms with van der Waals surface area (Å²) in [6.07, 6.45) is 8.46. The van der Waals surface area contributed by atoms with E-state index in [2.05, 4.69) is 52.8 Å². The molecule has 0 N–H and O–H groups in total. The minimum atomic E-state index is 0.436. The van der Waals surface area contributed by atoms with Crippen LogP contribution < -0.4 is 0 Å². The molecule has 0 amide bonds. The monoisotopic (exact) mass is 322 g/mol. The Bertz CT molecular complexity index is 769. The summed E-state index contributed by atoms with van der Waals surface area (Å²) in [4.78, 5) is 9.77. The third kappa shape index (κ3) is 3.38. The van der Waals surface area contributed by atoms with Crippen molar-refractivity contribution >= 4 is 16.6 Å². The average molecular weight is 322 g/mol. The molecule has 24 heavy (non-hydrogen) atoms. The number of nitrogens with zero attached hydrogens (tertiary/aromatic N) is 2. The summed E-state index contributed by atoms with van der Waals surface area (Å²) in [5.74, 6) is 0. The van der Waals surface area contributed by atoms with E-state index in [0.29, 0.717) is 11.5 Å². The van der Waals surface area contributed by atoms with Gasteiger partial charge in [-0.25, -0.2) is 0 Å². The SMILES string of the molecule is CCC(CC1(C)CCC1)/N=C(\C)c1cnc2c(C)c(C)ccc2c1. The lowest BCUT2D eigenvalue weighted by Gasteiger charge is -2.40. The van der Waals surface area contributed by atoms with E-state index in [-0.39, 0.29) is 0 Å². The lowest BCUT2D eigenvalue weighted by Crippen LogP contribution is -2.30. The Balaban J connectivity index is 1.86. The maximum absolute atomic E-state index is 5.06. The van der Waals surface area contributed by atoms with Crippen molar-refractivity contribution < 1.29 is 0 Å². The zero-order chi connectivity index (χ0) is 17.3. The van der Waals surface area contributed by atoms with Crippen LogP contribution in [0.5, 0.6) is 0 Å². The second-order valence-corrected chi connectivity index (χ2v) is 7.95. The number of aliphatic imine (C=N–C) groups is 1. The first-order valence-electron chi connectivity index (χ1n) is 9.32. The molecule has 1 aromatic heterocycles. The van der Waals surface area contributed by atoms with Crippen molar-refractivity contribution in [3.05, 3.63) is 41.1 Å². The molecular formula is C22H30N2. The molecular weight excluding hydrogens is 292 g/mol. The van der Waals surface area contributed by atoms with Crippen LogP contribution in [0.1, 0.15) is 69.6 Å². The van der Waals surface area contributed by atoms with Crippen LogP contribution in [-0.2, 0) is 0 Å². The number of aromatic nitrogens is 1. The Morgan fingerprint density at radius 1 is 1.29 bits per heavy atom. The first-order chi connectivity index (χ1) is 11.4. The fourth-order valence-corrected chi connectivity index (χ4v) is 3.83. The first kappa shape index (κ1) is 17.1. The van der Waals surface area contributed by atoms with E-state index >= 15 is 0 Å². The molecule has 1 fully saturated rings. The van der Waals surface area contributed by atoms with Gasteiger partial charge in [-0.15, -0.1) is 0 Å². The number of hydrogen-bond acceptors (Lipinski definition) is 2. The summed E-state index contributed by atoms with van der Waals surface area (Å²) in [6.45, 7) is 11.1. The largest absolute Gasteiger partial charge is 0.286 e. The normalized spacial score (nSPS) is 18.5. The van der Waals surface area contributed by atoms with Crippen molar-refractivity contribution in [2.75, 3.05) is 0 Å². The van der Waals surface area contributed by atoms with E-state index in [1.165, 1.54) is 42.2 Å². The predicted octanol–water partition coefficient (Wildman–Crippen LogP) is 6.02. The molecule has 0 saturated heterocycles. The zero-order valence-electron chi connectivity index (χ0n) is 15.8. The van der Waals surface area contributed by atoms with Gasteiger partial charge in [-0.1, -0.05) is 32.4 Å². The van der Waals surface area contributed by atoms with Crippen molar-refractivity contribution in [1.82, 2.24) is 4.98 Å². The molecule has 0 radical (unpaired) electrons.